The van der Waals surface area contributed by atoms with Gasteiger partial charge >= 0.3 is 0 Å². The molecule has 0 saturated carbocycles. The van der Waals surface area contributed by atoms with Crippen LogP contribution in [0.1, 0.15) is 10.5 Å². The fourth-order valence-electron chi connectivity index (χ4n) is 3.16. The van der Waals surface area contributed by atoms with Crippen LogP contribution >= 0.6 is 0 Å². The number of carbonyl (C=O) groups is 1. The van der Waals surface area contributed by atoms with Crippen LogP contribution in [-0.2, 0) is 9.84 Å². The van der Waals surface area contributed by atoms with Crippen LogP contribution in [0.3, 0.4) is 0 Å². The Kier molecular flexibility index (Phi) is 4.86. The lowest BCUT2D eigenvalue weighted by Gasteiger charge is -2.10. The van der Waals surface area contributed by atoms with E-state index in [9.17, 15) is 13.2 Å². The van der Waals surface area contributed by atoms with Crippen LogP contribution in [0.25, 0.3) is 28.2 Å². The molecule has 0 fully saturated rings. The summed E-state index contributed by atoms with van der Waals surface area (Å²) in [4.78, 5) is 16.0. The zero-order valence-electron chi connectivity index (χ0n) is 15.7. The van der Waals surface area contributed by atoms with Gasteiger partial charge in [-0.05, 0) is 35.4 Å². The van der Waals surface area contributed by atoms with Gasteiger partial charge in [-0.3, -0.25) is 9.36 Å². The van der Waals surface area contributed by atoms with Crippen LogP contribution in [-0.4, -0.2) is 30.5 Å². The van der Waals surface area contributed by atoms with Gasteiger partial charge in [0.2, 0.25) is 0 Å². The molecule has 144 valence electrons. The van der Waals surface area contributed by atoms with Crippen molar-refractivity contribution in [1.29, 1.82) is 0 Å². The SMILES string of the molecule is CS(=O)(=O)c1cccc(-c2ccc(-n3cc(C=O)nc3-c3ccccc3)cc2)c1. The molecule has 0 saturated heterocycles. The Labute approximate surface area is 169 Å². The number of aromatic nitrogens is 2. The second kappa shape index (κ2) is 7.48. The minimum absolute atomic E-state index is 0.288. The molecule has 0 aliphatic rings. The number of hydrogen-bond donors (Lipinski definition) is 0. The second-order valence-corrected chi connectivity index (χ2v) is 8.71. The Bertz CT molecular complexity index is 1280. The molecule has 0 aliphatic heterocycles. The average Bonchev–Trinajstić information content (AvgIpc) is 3.19. The van der Waals surface area contributed by atoms with E-state index in [-0.39, 0.29) is 4.90 Å². The van der Waals surface area contributed by atoms with Crippen molar-refractivity contribution >= 4 is 16.1 Å². The van der Waals surface area contributed by atoms with E-state index in [1.54, 1.807) is 24.4 Å². The normalized spacial score (nSPS) is 11.3. The maximum absolute atomic E-state index is 11.8. The largest absolute Gasteiger partial charge is 0.299 e. The molecule has 0 atom stereocenters. The van der Waals surface area contributed by atoms with Crippen molar-refractivity contribution < 1.29 is 13.2 Å². The summed E-state index contributed by atoms with van der Waals surface area (Å²) in [5.74, 6) is 0.680. The number of imidazole rings is 1. The van der Waals surface area contributed by atoms with Crippen LogP contribution in [0, 0.1) is 0 Å². The molecule has 0 spiro atoms. The quantitative estimate of drug-likeness (QED) is 0.463. The fraction of sp³-hybridized carbons (Fsp3) is 0.0435. The number of hydrogen-bond acceptors (Lipinski definition) is 4. The molecule has 0 N–H and O–H groups in total. The van der Waals surface area contributed by atoms with Gasteiger partial charge in [0, 0.05) is 23.7 Å². The van der Waals surface area contributed by atoms with Crippen molar-refractivity contribution in [2.24, 2.45) is 0 Å². The first kappa shape index (κ1) is 18.8. The molecule has 4 rings (SSSR count). The van der Waals surface area contributed by atoms with Gasteiger partial charge in [0.05, 0.1) is 4.90 Å². The summed E-state index contributed by atoms with van der Waals surface area (Å²) < 4.78 is 25.5. The third-order valence-electron chi connectivity index (χ3n) is 4.62. The molecule has 5 nitrogen and oxygen atoms in total. The Morgan fingerprint density at radius 3 is 2.17 bits per heavy atom. The molecule has 0 aliphatic carbocycles. The molecular weight excluding hydrogens is 384 g/mol. The number of rotatable bonds is 5. The van der Waals surface area contributed by atoms with Gasteiger partial charge in [-0.1, -0.05) is 54.6 Å². The lowest BCUT2D eigenvalue weighted by atomic mass is 10.1. The van der Waals surface area contributed by atoms with Crippen molar-refractivity contribution in [3.8, 4) is 28.2 Å². The van der Waals surface area contributed by atoms with Crippen molar-refractivity contribution in [3.05, 3.63) is 90.8 Å². The van der Waals surface area contributed by atoms with E-state index >= 15 is 0 Å². The summed E-state index contributed by atoms with van der Waals surface area (Å²) in [5.41, 5.74) is 3.84. The number of sulfone groups is 1. The molecule has 29 heavy (non-hydrogen) atoms. The first-order valence-electron chi connectivity index (χ1n) is 8.96. The van der Waals surface area contributed by atoms with E-state index in [1.807, 2.05) is 65.2 Å². The van der Waals surface area contributed by atoms with Gasteiger partial charge in [-0.15, -0.1) is 0 Å². The predicted molar refractivity (Wildman–Crippen MR) is 113 cm³/mol. The van der Waals surface area contributed by atoms with Crippen molar-refractivity contribution in [1.82, 2.24) is 9.55 Å². The minimum Gasteiger partial charge on any atom is -0.299 e. The molecule has 0 radical (unpaired) electrons. The summed E-state index contributed by atoms with van der Waals surface area (Å²) >= 11 is 0. The minimum atomic E-state index is -3.27. The van der Waals surface area contributed by atoms with E-state index in [0.717, 1.165) is 28.7 Å². The van der Waals surface area contributed by atoms with Crippen LogP contribution in [0.15, 0.2) is 90.0 Å². The van der Waals surface area contributed by atoms with Gasteiger partial charge in [0.15, 0.2) is 16.1 Å². The molecule has 3 aromatic carbocycles. The monoisotopic (exact) mass is 402 g/mol. The Balaban J connectivity index is 1.75. The van der Waals surface area contributed by atoms with Crippen LogP contribution in [0.5, 0.6) is 0 Å². The van der Waals surface area contributed by atoms with Crippen molar-refractivity contribution in [2.75, 3.05) is 6.26 Å². The van der Waals surface area contributed by atoms with Crippen LogP contribution < -0.4 is 0 Å². The average molecular weight is 402 g/mol. The summed E-state index contributed by atoms with van der Waals surface area (Å²) in [5, 5.41) is 0. The highest BCUT2D eigenvalue weighted by atomic mass is 32.2. The highest BCUT2D eigenvalue weighted by Crippen LogP contribution is 2.26. The maximum atomic E-state index is 11.8. The highest BCUT2D eigenvalue weighted by Gasteiger charge is 2.12. The smallest absolute Gasteiger partial charge is 0.175 e. The van der Waals surface area contributed by atoms with Gasteiger partial charge < -0.3 is 0 Å². The van der Waals surface area contributed by atoms with Gasteiger partial charge in [0.1, 0.15) is 11.5 Å². The molecular formula is C23H18N2O3S. The van der Waals surface area contributed by atoms with E-state index in [1.165, 1.54) is 6.26 Å². The molecule has 6 heteroatoms. The summed E-state index contributed by atoms with van der Waals surface area (Å²) in [7, 11) is -3.27. The van der Waals surface area contributed by atoms with Crippen LogP contribution in [0.4, 0.5) is 0 Å². The first-order chi connectivity index (χ1) is 14.0. The Morgan fingerprint density at radius 1 is 0.828 bits per heavy atom. The molecule has 0 amide bonds. The van der Waals surface area contributed by atoms with Gasteiger partial charge in [-0.2, -0.15) is 0 Å². The predicted octanol–water partition coefficient (Wildman–Crippen LogP) is 4.42. The third-order valence-corrected chi connectivity index (χ3v) is 5.73. The topological polar surface area (TPSA) is 69.0 Å². The first-order valence-corrected chi connectivity index (χ1v) is 10.9. The third kappa shape index (κ3) is 3.88. The molecule has 4 aromatic rings. The van der Waals surface area contributed by atoms with Crippen molar-refractivity contribution in [3.63, 3.8) is 0 Å². The van der Waals surface area contributed by atoms with E-state index in [0.29, 0.717) is 11.5 Å². The van der Waals surface area contributed by atoms with Gasteiger partial charge in [-0.25, -0.2) is 13.4 Å². The van der Waals surface area contributed by atoms with E-state index in [4.69, 9.17) is 0 Å². The number of benzene rings is 3. The second-order valence-electron chi connectivity index (χ2n) is 6.69. The molecule has 1 heterocycles. The summed E-state index contributed by atoms with van der Waals surface area (Å²) in [6, 6.07) is 24.2. The molecule has 1 aromatic heterocycles. The molecule has 0 bridgehead atoms. The zero-order valence-corrected chi connectivity index (χ0v) is 16.5. The summed E-state index contributed by atoms with van der Waals surface area (Å²) in [6.07, 6.45) is 3.63. The summed E-state index contributed by atoms with van der Waals surface area (Å²) in [6.45, 7) is 0. The standard InChI is InChI=1S/C23H18N2O3S/c1-29(27,28)22-9-5-8-19(14-22)17-10-12-21(13-11-17)25-15-20(16-26)24-23(25)18-6-3-2-4-7-18/h2-16H,1H3. The lowest BCUT2D eigenvalue weighted by molar-refractivity contribution is 0.111. The number of carbonyl (C=O) groups excluding carboxylic acids is 1. The van der Waals surface area contributed by atoms with Gasteiger partial charge in [0.25, 0.3) is 0 Å². The number of nitrogens with zero attached hydrogens (tertiary/aromatic N) is 2. The fourth-order valence-corrected chi connectivity index (χ4v) is 3.83. The lowest BCUT2D eigenvalue weighted by Crippen LogP contribution is -1.97. The molecule has 0 unspecified atom stereocenters. The maximum Gasteiger partial charge on any atom is 0.175 e. The van der Waals surface area contributed by atoms with E-state index < -0.39 is 9.84 Å². The Hall–Kier alpha value is -3.51. The zero-order chi connectivity index (χ0) is 20.4. The van der Waals surface area contributed by atoms with Crippen LogP contribution in [0.2, 0.25) is 0 Å². The van der Waals surface area contributed by atoms with Crippen molar-refractivity contribution in [2.45, 2.75) is 4.90 Å². The Morgan fingerprint density at radius 2 is 1.52 bits per heavy atom. The van der Waals surface area contributed by atoms with E-state index in [2.05, 4.69) is 4.98 Å². The highest BCUT2D eigenvalue weighted by molar-refractivity contribution is 7.90. The number of aldehydes is 1.